The zero-order chi connectivity index (χ0) is 22.1. The number of benzene rings is 1. The molecule has 7 heteroatoms. The number of rotatable bonds is 4. The Morgan fingerprint density at radius 3 is 2.61 bits per heavy atom. The summed E-state index contributed by atoms with van der Waals surface area (Å²) in [7, 11) is 0. The van der Waals surface area contributed by atoms with E-state index in [9.17, 15) is 0 Å². The van der Waals surface area contributed by atoms with Gasteiger partial charge in [0.2, 0.25) is 0 Å². The van der Waals surface area contributed by atoms with Crippen molar-refractivity contribution < 1.29 is 0 Å². The molecule has 3 aromatic heterocycles. The molecule has 0 bridgehead atoms. The fraction of sp³-hybridized carbons (Fsp3) is 0.385. The fourth-order valence-corrected chi connectivity index (χ4v) is 5.51. The van der Waals surface area contributed by atoms with Gasteiger partial charge < -0.3 is 4.90 Å². The molecule has 2 saturated heterocycles. The van der Waals surface area contributed by atoms with Crippen LogP contribution in [-0.4, -0.2) is 55.8 Å². The average molecular weight is 440 g/mol. The van der Waals surface area contributed by atoms with Crippen molar-refractivity contribution in [2.24, 2.45) is 5.41 Å². The summed E-state index contributed by atoms with van der Waals surface area (Å²) in [4.78, 5) is 19.2. The largest absolute Gasteiger partial charge is 0.355 e. The molecular weight excluding hydrogens is 410 g/mol. The number of fused-ring (bicyclic) bond motifs is 1. The molecule has 0 aliphatic carbocycles. The van der Waals surface area contributed by atoms with Gasteiger partial charge >= 0.3 is 0 Å². The Morgan fingerprint density at radius 2 is 1.76 bits per heavy atom. The van der Waals surface area contributed by atoms with E-state index in [-0.39, 0.29) is 0 Å². The number of aromatic nitrogens is 5. The predicted octanol–water partition coefficient (Wildman–Crippen LogP) is 4.09. The highest BCUT2D eigenvalue weighted by Gasteiger charge is 2.38. The minimum atomic E-state index is 0.401. The summed E-state index contributed by atoms with van der Waals surface area (Å²) in [5, 5.41) is 4.35. The van der Waals surface area contributed by atoms with Crippen LogP contribution >= 0.6 is 0 Å². The SMILES string of the molecule is c1ccc2nc(N3CCC4(CCCN(Cc5cc(-n6cccn6)ccn5)C4)CC3)cnc2c1. The number of piperidine rings is 2. The number of nitrogens with zero attached hydrogens (tertiary/aromatic N) is 7. The van der Waals surface area contributed by atoms with Crippen molar-refractivity contribution in [3.05, 3.63) is 72.9 Å². The minimum Gasteiger partial charge on any atom is -0.355 e. The van der Waals surface area contributed by atoms with Crippen LogP contribution in [0.15, 0.2) is 67.3 Å². The Morgan fingerprint density at radius 1 is 0.879 bits per heavy atom. The third-order valence-corrected chi connectivity index (χ3v) is 7.28. The summed E-state index contributed by atoms with van der Waals surface area (Å²) >= 11 is 0. The van der Waals surface area contributed by atoms with Gasteiger partial charge in [-0.2, -0.15) is 5.10 Å². The summed E-state index contributed by atoms with van der Waals surface area (Å²) in [5.74, 6) is 1.01. The Bertz CT molecular complexity index is 1230. The van der Waals surface area contributed by atoms with Gasteiger partial charge in [-0.3, -0.25) is 14.9 Å². The molecule has 1 spiro atoms. The third kappa shape index (κ3) is 4.20. The molecule has 0 atom stereocenters. The van der Waals surface area contributed by atoms with E-state index in [1.807, 2.05) is 65.9 Å². The molecule has 7 nitrogen and oxygen atoms in total. The van der Waals surface area contributed by atoms with Crippen molar-refractivity contribution in [1.29, 1.82) is 0 Å². The molecule has 4 aromatic rings. The van der Waals surface area contributed by atoms with Crippen LogP contribution in [0.25, 0.3) is 16.7 Å². The first-order valence-electron chi connectivity index (χ1n) is 11.9. The number of likely N-dealkylation sites (tertiary alicyclic amines) is 1. The quantitative estimate of drug-likeness (QED) is 0.477. The highest BCUT2D eigenvalue weighted by molar-refractivity contribution is 5.75. The van der Waals surface area contributed by atoms with E-state index in [1.165, 1.54) is 25.7 Å². The molecule has 2 aliphatic heterocycles. The van der Waals surface area contributed by atoms with Crippen LogP contribution in [0.4, 0.5) is 5.82 Å². The molecule has 6 rings (SSSR count). The van der Waals surface area contributed by atoms with Gasteiger partial charge in [0.1, 0.15) is 5.82 Å². The van der Waals surface area contributed by atoms with Gasteiger partial charge in [-0.25, -0.2) is 9.67 Å². The average Bonchev–Trinajstić information content (AvgIpc) is 3.40. The molecule has 1 aromatic carbocycles. The lowest BCUT2D eigenvalue weighted by Crippen LogP contribution is -2.49. The Balaban J connectivity index is 1.11. The zero-order valence-corrected chi connectivity index (χ0v) is 18.8. The number of para-hydroxylation sites is 2. The van der Waals surface area contributed by atoms with E-state index < -0.39 is 0 Å². The van der Waals surface area contributed by atoms with Gasteiger partial charge in [0, 0.05) is 44.8 Å². The van der Waals surface area contributed by atoms with Gasteiger partial charge in [0.25, 0.3) is 0 Å². The molecule has 0 N–H and O–H groups in total. The van der Waals surface area contributed by atoms with Crippen molar-refractivity contribution in [2.45, 2.75) is 32.2 Å². The van der Waals surface area contributed by atoms with Crippen molar-refractivity contribution in [2.75, 3.05) is 31.1 Å². The van der Waals surface area contributed by atoms with E-state index in [2.05, 4.69) is 30.9 Å². The van der Waals surface area contributed by atoms with Crippen LogP contribution in [-0.2, 0) is 6.54 Å². The molecule has 0 unspecified atom stereocenters. The van der Waals surface area contributed by atoms with Crippen molar-refractivity contribution in [3.8, 4) is 5.69 Å². The maximum Gasteiger partial charge on any atom is 0.147 e. The standard InChI is InChI=1S/C26H29N7/c1-2-6-24-23(5-1)28-18-25(30-24)32-15-9-26(10-16-32)8-3-13-31(20-26)19-21-17-22(7-12-27-21)33-14-4-11-29-33/h1-2,4-7,11-12,14,17-18H,3,8-10,13,15-16,19-20H2. The highest BCUT2D eigenvalue weighted by atomic mass is 15.3. The second kappa shape index (κ2) is 8.56. The molecule has 0 radical (unpaired) electrons. The van der Waals surface area contributed by atoms with Crippen LogP contribution in [0.1, 0.15) is 31.4 Å². The lowest BCUT2D eigenvalue weighted by molar-refractivity contribution is 0.0597. The number of hydrogen-bond acceptors (Lipinski definition) is 6. The van der Waals surface area contributed by atoms with E-state index in [4.69, 9.17) is 4.98 Å². The summed E-state index contributed by atoms with van der Waals surface area (Å²) in [5.41, 5.74) is 4.52. The van der Waals surface area contributed by atoms with Crippen LogP contribution in [0, 0.1) is 5.41 Å². The van der Waals surface area contributed by atoms with Gasteiger partial charge in [-0.1, -0.05) is 12.1 Å². The maximum absolute atomic E-state index is 4.87. The van der Waals surface area contributed by atoms with E-state index in [1.54, 1.807) is 0 Å². The van der Waals surface area contributed by atoms with E-state index in [0.717, 1.165) is 61.0 Å². The topological polar surface area (TPSA) is 63.0 Å². The van der Waals surface area contributed by atoms with Gasteiger partial charge in [-0.05, 0) is 68.0 Å². The molecule has 5 heterocycles. The Kier molecular flexibility index (Phi) is 5.26. The Hall–Kier alpha value is -3.32. The maximum atomic E-state index is 4.87. The van der Waals surface area contributed by atoms with Crippen LogP contribution in [0.2, 0.25) is 0 Å². The molecule has 2 fully saturated rings. The summed E-state index contributed by atoms with van der Waals surface area (Å²) < 4.78 is 1.90. The molecular formula is C26H29N7. The lowest BCUT2D eigenvalue weighted by atomic mass is 9.72. The second-order valence-corrected chi connectivity index (χ2v) is 9.47. The first-order valence-corrected chi connectivity index (χ1v) is 11.9. The van der Waals surface area contributed by atoms with Gasteiger partial charge in [-0.15, -0.1) is 0 Å². The molecule has 33 heavy (non-hydrogen) atoms. The number of pyridine rings is 1. The summed E-state index contributed by atoms with van der Waals surface area (Å²) in [6.07, 6.45) is 12.6. The minimum absolute atomic E-state index is 0.401. The number of anilines is 1. The predicted molar refractivity (Wildman–Crippen MR) is 129 cm³/mol. The summed E-state index contributed by atoms with van der Waals surface area (Å²) in [6.45, 7) is 5.30. The van der Waals surface area contributed by atoms with E-state index >= 15 is 0 Å². The highest BCUT2D eigenvalue weighted by Crippen LogP contribution is 2.41. The van der Waals surface area contributed by atoms with Crippen molar-refractivity contribution in [1.82, 2.24) is 29.6 Å². The van der Waals surface area contributed by atoms with Crippen molar-refractivity contribution in [3.63, 3.8) is 0 Å². The van der Waals surface area contributed by atoms with Gasteiger partial charge in [0.15, 0.2) is 0 Å². The second-order valence-electron chi connectivity index (χ2n) is 9.47. The molecule has 0 saturated carbocycles. The molecule has 168 valence electrons. The van der Waals surface area contributed by atoms with E-state index in [0.29, 0.717) is 5.41 Å². The monoisotopic (exact) mass is 439 g/mol. The van der Waals surface area contributed by atoms with Crippen molar-refractivity contribution >= 4 is 16.9 Å². The first-order chi connectivity index (χ1) is 16.3. The normalized spacial score (nSPS) is 18.7. The third-order valence-electron chi connectivity index (χ3n) is 7.28. The smallest absolute Gasteiger partial charge is 0.147 e. The Labute approximate surface area is 194 Å². The zero-order valence-electron chi connectivity index (χ0n) is 18.8. The van der Waals surface area contributed by atoms with Gasteiger partial charge in [0.05, 0.1) is 28.6 Å². The molecule has 0 amide bonds. The number of hydrogen-bond donors (Lipinski definition) is 0. The molecule has 2 aliphatic rings. The summed E-state index contributed by atoms with van der Waals surface area (Å²) in [6, 6.07) is 14.2. The fourth-order valence-electron chi connectivity index (χ4n) is 5.51. The lowest BCUT2D eigenvalue weighted by Gasteiger charge is -2.48. The van der Waals surface area contributed by atoms with Crippen LogP contribution < -0.4 is 4.90 Å². The van der Waals surface area contributed by atoms with Crippen LogP contribution in [0.5, 0.6) is 0 Å². The first kappa shape index (κ1) is 20.3. The van der Waals surface area contributed by atoms with Crippen LogP contribution in [0.3, 0.4) is 0 Å².